The molecule has 0 aromatic heterocycles. The summed E-state index contributed by atoms with van der Waals surface area (Å²) >= 11 is 0. The summed E-state index contributed by atoms with van der Waals surface area (Å²) in [6.07, 6.45) is 20.2. The molecule has 0 amide bonds. The molecular formula is C28H54O4. The fraction of sp³-hybridized carbons (Fsp3) is 0.929. The van der Waals surface area contributed by atoms with E-state index in [4.69, 9.17) is 4.74 Å². The summed E-state index contributed by atoms with van der Waals surface area (Å²) in [5.41, 5.74) is 0.0764. The summed E-state index contributed by atoms with van der Waals surface area (Å²) in [5.74, 6) is 0.350. The molecule has 0 N–H and O–H groups in total. The predicted octanol–water partition coefficient (Wildman–Crippen LogP) is 8.41. The van der Waals surface area contributed by atoms with Crippen LogP contribution in [-0.2, 0) is 19.1 Å². The molecule has 190 valence electrons. The van der Waals surface area contributed by atoms with Gasteiger partial charge < -0.3 is 9.47 Å². The number of esters is 2. The fourth-order valence-corrected chi connectivity index (χ4v) is 4.39. The van der Waals surface area contributed by atoms with Crippen molar-refractivity contribution in [3.63, 3.8) is 0 Å². The average Bonchev–Trinajstić information content (AvgIpc) is 2.76. The first-order chi connectivity index (χ1) is 15.3. The van der Waals surface area contributed by atoms with Crippen molar-refractivity contribution in [3.05, 3.63) is 0 Å². The molecule has 1 unspecified atom stereocenters. The lowest BCUT2D eigenvalue weighted by atomic mass is 9.89. The van der Waals surface area contributed by atoms with Crippen molar-refractivity contribution in [2.45, 2.75) is 143 Å². The zero-order valence-electron chi connectivity index (χ0n) is 22.1. The van der Waals surface area contributed by atoms with Crippen LogP contribution in [0.25, 0.3) is 0 Å². The SMILES string of the molecule is CCCCCCCCC(CCCCCCCCC(=O)OC)CC(=O)OCC(C)(C)CCC. The summed E-state index contributed by atoms with van der Waals surface area (Å²) in [6.45, 7) is 9.34. The molecule has 0 aromatic carbocycles. The molecule has 0 aromatic rings. The van der Waals surface area contributed by atoms with Crippen molar-refractivity contribution in [2.24, 2.45) is 11.3 Å². The van der Waals surface area contributed by atoms with E-state index in [0.717, 1.165) is 38.5 Å². The number of methoxy groups -OCH3 is 1. The first kappa shape index (κ1) is 30.9. The van der Waals surface area contributed by atoms with Crippen molar-refractivity contribution >= 4 is 11.9 Å². The second-order valence-electron chi connectivity index (χ2n) is 10.4. The van der Waals surface area contributed by atoms with Crippen molar-refractivity contribution in [3.8, 4) is 0 Å². The van der Waals surface area contributed by atoms with Crippen LogP contribution in [0.5, 0.6) is 0 Å². The molecule has 0 heterocycles. The number of carbonyl (C=O) groups is 2. The highest BCUT2D eigenvalue weighted by Gasteiger charge is 2.21. The van der Waals surface area contributed by atoms with Gasteiger partial charge in [-0.25, -0.2) is 0 Å². The summed E-state index contributed by atoms with van der Waals surface area (Å²) < 4.78 is 10.4. The Balaban J connectivity index is 4.21. The molecule has 0 fully saturated rings. The van der Waals surface area contributed by atoms with Crippen LogP contribution in [0.4, 0.5) is 0 Å². The Morgan fingerprint density at radius 3 is 1.78 bits per heavy atom. The number of hydrogen-bond acceptors (Lipinski definition) is 4. The molecular weight excluding hydrogens is 400 g/mol. The highest BCUT2D eigenvalue weighted by Crippen LogP contribution is 2.25. The monoisotopic (exact) mass is 454 g/mol. The molecule has 0 aliphatic carbocycles. The molecule has 0 rings (SSSR count). The Bertz CT molecular complexity index is 458. The second-order valence-corrected chi connectivity index (χ2v) is 10.4. The van der Waals surface area contributed by atoms with E-state index in [1.165, 1.54) is 71.3 Å². The number of unbranched alkanes of at least 4 members (excludes halogenated alkanes) is 10. The van der Waals surface area contributed by atoms with E-state index in [0.29, 0.717) is 25.4 Å². The first-order valence-corrected chi connectivity index (χ1v) is 13.6. The lowest BCUT2D eigenvalue weighted by Crippen LogP contribution is -2.23. The highest BCUT2D eigenvalue weighted by atomic mass is 16.5. The van der Waals surface area contributed by atoms with Gasteiger partial charge in [0.25, 0.3) is 0 Å². The summed E-state index contributed by atoms with van der Waals surface area (Å²) in [7, 11) is 1.45. The molecule has 0 radical (unpaired) electrons. The van der Waals surface area contributed by atoms with Gasteiger partial charge in [0.05, 0.1) is 13.7 Å². The van der Waals surface area contributed by atoms with Gasteiger partial charge in [0.1, 0.15) is 0 Å². The van der Waals surface area contributed by atoms with E-state index in [9.17, 15) is 9.59 Å². The molecule has 0 bridgehead atoms. The number of rotatable bonds is 22. The van der Waals surface area contributed by atoms with Crippen LogP contribution in [0.2, 0.25) is 0 Å². The third kappa shape index (κ3) is 19.6. The number of hydrogen-bond donors (Lipinski definition) is 0. The molecule has 4 heteroatoms. The summed E-state index contributed by atoms with van der Waals surface area (Å²) in [5, 5.41) is 0. The van der Waals surface area contributed by atoms with Gasteiger partial charge in [-0.05, 0) is 37.0 Å². The van der Waals surface area contributed by atoms with Crippen LogP contribution in [-0.4, -0.2) is 25.7 Å². The van der Waals surface area contributed by atoms with Crippen molar-refractivity contribution in [2.75, 3.05) is 13.7 Å². The third-order valence-electron chi connectivity index (χ3n) is 6.44. The van der Waals surface area contributed by atoms with Gasteiger partial charge in [0, 0.05) is 12.8 Å². The molecule has 0 aliphatic rings. The first-order valence-electron chi connectivity index (χ1n) is 13.6. The van der Waals surface area contributed by atoms with E-state index in [-0.39, 0.29) is 17.4 Å². The molecule has 32 heavy (non-hydrogen) atoms. The van der Waals surface area contributed by atoms with Crippen LogP contribution < -0.4 is 0 Å². The van der Waals surface area contributed by atoms with Crippen LogP contribution in [0, 0.1) is 11.3 Å². The summed E-state index contributed by atoms with van der Waals surface area (Å²) in [4.78, 5) is 23.6. The van der Waals surface area contributed by atoms with Crippen molar-refractivity contribution < 1.29 is 19.1 Å². The zero-order valence-corrected chi connectivity index (χ0v) is 22.1. The number of carbonyl (C=O) groups excluding carboxylic acids is 2. The van der Waals surface area contributed by atoms with Gasteiger partial charge in [-0.1, -0.05) is 105 Å². The fourth-order valence-electron chi connectivity index (χ4n) is 4.39. The maximum absolute atomic E-state index is 12.5. The minimum Gasteiger partial charge on any atom is -0.469 e. The van der Waals surface area contributed by atoms with Crippen LogP contribution in [0.15, 0.2) is 0 Å². The molecule has 0 saturated heterocycles. The second kappa shape index (κ2) is 20.5. The van der Waals surface area contributed by atoms with Gasteiger partial charge in [-0.3, -0.25) is 9.59 Å². The topological polar surface area (TPSA) is 52.6 Å². The van der Waals surface area contributed by atoms with E-state index < -0.39 is 0 Å². The normalized spacial score (nSPS) is 12.5. The maximum Gasteiger partial charge on any atom is 0.306 e. The van der Waals surface area contributed by atoms with Gasteiger partial charge >= 0.3 is 11.9 Å². The lowest BCUT2D eigenvalue weighted by molar-refractivity contribution is -0.148. The third-order valence-corrected chi connectivity index (χ3v) is 6.44. The van der Waals surface area contributed by atoms with E-state index in [2.05, 4.69) is 32.4 Å². The van der Waals surface area contributed by atoms with Crippen LogP contribution in [0.1, 0.15) is 143 Å². The van der Waals surface area contributed by atoms with Crippen molar-refractivity contribution in [1.29, 1.82) is 0 Å². The van der Waals surface area contributed by atoms with E-state index in [1.807, 2.05) is 0 Å². The Morgan fingerprint density at radius 2 is 1.25 bits per heavy atom. The van der Waals surface area contributed by atoms with E-state index >= 15 is 0 Å². The van der Waals surface area contributed by atoms with Gasteiger partial charge in [-0.2, -0.15) is 0 Å². The van der Waals surface area contributed by atoms with E-state index in [1.54, 1.807) is 0 Å². The smallest absolute Gasteiger partial charge is 0.306 e. The van der Waals surface area contributed by atoms with Crippen molar-refractivity contribution in [1.82, 2.24) is 0 Å². The quantitative estimate of drug-likeness (QED) is 0.122. The zero-order chi connectivity index (χ0) is 24.1. The molecule has 0 aliphatic heterocycles. The highest BCUT2D eigenvalue weighted by molar-refractivity contribution is 5.69. The Labute approximate surface area is 199 Å². The molecule has 1 atom stereocenters. The van der Waals surface area contributed by atoms with Crippen LogP contribution >= 0.6 is 0 Å². The maximum atomic E-state index is 12.5. The standard InChI is InChI=1S/C28H54O4/c1-6-8-9-10-13-16-19-25(23-27(30)32-24-28(3,4)22-7-2)20-17-14-11-12-15-18-21-26(29)31-5/h25H,6-24H2,1-5H3. The molecule has 4 nitrogen and oxygen atoms in total. The average molecular weight is 455 g/mol. The Hall–Kier alpha value is -1.06. The Morgan fingerprint density at radius 1 is 0.719 bits per heavy atom. The van der Waals surface area contributed by atoms with Gasteiger partial charge in [0.2, 0.25) is 0 Å². The van der Waals surface area contributed by atoms with Crippen LogP contribution in [0.3, 0.4) is 0 Å². The molecule has 0 saturated carbocycles. The Kier molecular flexibility index (Phi) is 19.9. The van der Waals surface area contributed by atoms with Gasteiger partial charge in [-0.15, -0.1) is 0 Å². The predicted molar refractivity (Wildman–Crippen MR) is 135 cm³/mol. The minimum absolute atomic E-state index is 0.00651. The summed E-state index contributed by atoms with van der Waals surface area (Å²) in [6, 6.07) is 0. The molecule has 0 spiro atoms. The largest absolute Gasteiger partial charge is 0.469 e. The van der Waals surface area contributed by atoms with Gasteiger partial charge in [0.15, 0.2) is 0 Å². The lowest BCUT2D eigenvalue weighted by Gasteiger charge is -2.24. The minimum atomic E-state index is -0.104. The number of ether oxygens (including phenoxy) is 2.